The zero-order chi connectivity index (χ0) is 17.3. The van der Waals surface area contributed by atoms with Crippen LogP contribution in [0.5, 0.6) is 0 Å². The second-order valence-electron chi connectivity index (χ2n) is 7.02. The van der Waals surface area contributed by atoms with Gasteiger partial charge < -0.3 is 5.11 Å². The summed E-state index contributed by atoms with van der Waals surface area (Å²) in [4.78, 5) is 36.7. The number of carbonyl (C=O) groups is 3. The Hall–Kier alpha value is -2.01. The molecule has 5 nitrogen and oxygen atoms in total. The van der Waals surface area contributed by atoms with Gasteiger partial charge in [0.05, 0.1) is 13.0 Å². The Morgan fingerprint density at radius 1 is 1.12 bits per heavy atom. The van der Waals surface area contributed by atoms with E-state index in [1.54, 1.807) is 6.92 Å². The van der Waals surface area contributed by atoms with Gasteiger partial charge in [-0.2, -0.15) is 9.28 Å². The quantitative estimate of drug-likeness (QED) is 0.679. The summed E-state index contributed by atoms with van der Waals surface area (Å²) in [5, 5.41) is 9.56. The lowest BCUT2D eigenvalue weighted by Gasteiger charge is -2.29. The molecule has 1 aliphatic heterocycles. The van der Waals surface area contributed by atoms with Crippen molar-refractivity contribution < 1.29 is 24.0 Å². The number of Topliss-reactive ketones (excluding diaryl/α,β-unsaturated/α-hetero) is 1. The smallest absolute Gasteiger partial charge is 0.435 e. The topological polar surface area (TPSA) is 71.4 Å². The first-order chi connectivity index (χ1) is 11.4. The van der Waals surface area contributed by atoms with Gasteiger partial charge in [-0.1, -0.05) is 12.1 Å². The van der Waals surface area contributed by atoms with Crippen LogP contribution in [-0.4, -0.2) is 40.0 Å². The predicted molar refractivity (Wildman–Crippen MR) is 88.9 cm³/mol. The summed E-state index contributed by atoms with van der Waals surface area (Å²) in [7, 11) is 0. The number of aryl methyl sites for hydroxylation is 2. The maximum atomic E-state index is 12.6. The molecule has 24 heavy (non-hydrogen) atoms. The van der Waals surface area contributed by atoms with Gasteiger partial charge in [-0.05, 0) is 43.4 Å². The van der Waals surface area contributed by atoms with Crippen molar-refractivity contribution in [2.75, 3.05) is 6.54 Å². The molecule has 1 unspecified atom stereocenters. The monoisotopic (exact) mass is 330 g/mol. The maximum Gasteiger partial charge on any atom is 0.521 e. The van der Waals surface area contributed by atoms with Crippen molar-refractivity contribution in [1.82, 2.24) is 0 Å². The van der Waals surface area contributed by atoms with Crippen LogP contribution in [0.3, 0.4) is 0 Å². The second-order valence-corrected chi connectivity index (χ2v) is 7.02. The molecule has 0 aromatic heterocycles. The summed E-state index contributed by atoms with van der Waals surface area (Å²) in [5.74, 6) is -0.421. The van der Waals surface area contributed by atoms with Crippen LogP contribution in [0.4, 0.5) is 4.79 Å². The highest BCUT2D eigenvalue weighted by molar-refractivity contribution is 5.98. The molecule has 2 amide bonds. The van der Waals surface area contributed by atoms with Gasteiger partial charge in [0.25, 0.3) is 0 Å². The summed E-state index contributed by atoms with van der Waals surface area (Å²) in [5.41, 5.74) is 3.18. The lowest BCUT2D eigenvalue weighted by Crippen LogP contribution is -2.58. The van der Waals surface area contributed by atoms with E-state index in [0.717, 1.165) is 32.1 Å². The van der Waals surface area contributed by atoms with Gasteiger partial charge in [-0.25, -0.2) is 4.79 Å². The number of amides is 2. The van der Waals surface area contributed by atoms with Gasteiger partial charge in [0.2, 0.25) is 0 Å². The largest absolute Gasteiger partial charge is 0.521 e. The van der Waals surface area contributed by atoms with Gasteiger partial charge in [-0.15, -0.1) is 0 Å². The zero-order valence-electron chi connectivity index (χ0n) is 14.1. The fourth-order valence-electron chi connectivity index (χ4n) is 4.15. The maximum absolute atomic E-state index is 12.6. The number of carbonyl (C=O) groups excluding carboxylic acids is 2. The van der Waals surface area contributed by atoms with Crippen molar-refractivity contribution in [2.45, 2.75) is 57.9 Å². The summed E-state index contributed by atoms with van der Waals surface area (Å²) in [6.07, 6.45) is 3.65. The zero-order valence-corrected chi connectivity index (χ0v) is 14.1. The molecule has 1 heterocycles. The number of nitrogens with zero attached hydrogens (tertiary/aromatic N) is 1. The summed E-state index contributed by atoms with van der Waals surface area (Å²) in [6.45, 7) is 2.14. The van der Waals surface area contributed by atoms with Crippen LogP contribution in [0, 0.1) is 0 Å². The third kappa shape index (κ3) is 2.77. The molecule has 0 spiro atoms. The van der Waals surface area contributed by atoms with Gasteiger partial charge in [0, 0.05) is 24.8 Å². The summed E-state index contributed by atoms with van der Waals surface area (Å²) < 4.78 is -0.516. The van der Waals surface area contributed by atoms with E-state index in [1.165, 1.54) is 11.1 Å². The average Bonchev–Trinajstić information content (AvgIpc) is 3.18. The number of quaternary nitrogens is 1. The standard InChI is InChI=1S/C19H23NO4/c1-13-4-3-11-20(13,19(23)24)18(22)10-9-17(21)16-8-7-14-5-2-6-15(14)12-16/h7-8,12-13H,2-6,9-11H2,1H3/p+1/t13-,20?/m1/s1. The van der Waals surface area contributed by atoms with Crippen LogP contribution in [0.25, 0.3) is 0 Å². The second kappa shape index (κ2) is 6.48. The molecule has 3 rings (SSSR count). The SMILES string of the molecule is C[C@@H]1CCC[N+]1(C(=O)O)C(=O)CCC(=O)c1ccc2c(c1)CCC2. The molecule has 0 bridgehead atoms. The minimum atomic E-state index is -1.09. The number of likely N-dealkylation sites (tertiary alicyclic amines) is 1. The Morgan fingerprint density at radius 3 is 2.54 bits per heavy atom. The van der Waals surface area contributed by atoms with Crippen LogP contribution < -0.4 is 0 Å². The van der Waals surface area contributed by atoms with Crippen molar-refractivity contribution in [2.24, 2.45) is 0 Å². The lowest BCUT2D eigenvalue weighted by atomic mass is 10.0. The van der Waals surface area contributed by atoms with Gasteiger partial charge in [-0.3, -0.25) is 4.79 Å². The van der Waals surface area contributed by atoms with Crippen LogP contribution in [0.15, 0.2) is 18.2 Å². The van der Waals surface area contributed by atoms with Crippen molar-refractivity contribution in [1.29, 1.82) is 0 Å². The number of carboxylic acid groups (broad SMARTS) is 1. The molecule has 1 saturated heterocycles. The van der Waals surface area contributed by atoms with Gasteiger partial charge in [0.1, 0.15) is 6.04 Å². The number of hydrogen-bond acceptors (Lipinski definition) is 3. The molecule has 0 radical (unpaired) electrons. The van der Waals surface area contributed by atoms with Crippen LogP contribution in [0.1, 0.15) is 60.5 Å². The van der Waals surface area contributed by atoms with E-state index in [9.17, 15) is 19.5 Å². The molecule has 5 heteroatoms. The fourth-order valence-corrected chi connectivity index (χ4v) is 4.15. The summed E-state index contributed by atoms with van der Waals surface area (Å²) >= 11 is 0. The van der Waals surface area contributed by atoms with Crippen LogP contribution >= 0.6 is 0 Å². The first kappa shape index (κ1) is 16.8. The highest BCUT2D eigenvalue weighted by atomic mass is 16.4. The van der Waals surface area contributed by atoms with E-state index in [2.05, 4.69) is 0 Å². The third-order valence-electron chi connectivity index (χ3n) is 5.66. The van der Waals surface area contributed by atoms with E-state index in [1.807, 2.05) is 18.2 Å². The Balaban J connectivity index is 1.67. The molecule has 1 aliphatic carbocycles. The van der Waals surface area contributed by atoms with E-state index < -0.39 is 10.6 Å². The van der Waals surface area contributed by atoms with Crippen molar-refractivity contribution in [3.8, 4) is 0 Å². The molecule has 2 atom stereocenters. The summed E-state index contributed by atoms with van der Waals surface area (Å²) in [6, 6.07) is 5.56. The molecule has 1 aromatic rings. The first-order valence-corrected chi connectivity index (χ1v) is 8.75. The number of imide groups is 1. The normalized spacial score (nSPS) is 25.5. The van der Waals surface area contributed by atoms with E-state index in [-0.39, 0.29) is 30.6 Å². The van der Waals surface area contributed by atoms with Gasteiger partial charge in [0.15, 0.2) is 5.78 Å². The predicted octanol–water partition coefficient (Wildman–Crippen LogP) is 3.34. The Kier molecular flexibility index (Phi) is 4.54. The first-order valence-electron chi connectivity index (χ1n) is 8.75. The van der Waals surface area contributed by atoms with Crippen molar-refractivity contribution in [3.05, 3.63) is 34.9 Å². The van der Waals surface area contributed by atoms with Crippen LogP contribution in [0.2, 0.25) is 0 Å². The molecule has 2 aliphatic rings. The number of ketones is 1. The Labute approximate surface area is 141 Å². The molecule has 1 N–H and O–H groups in total. The molecule has 1 fully saturated rings. The van der Waals surface area contributed by atoms with Gasteiger partial charge >= 0.3 is 12.0 Å². The average molecular weight is 330 g/mol. The van der Waals surface area contributed by atoms with Crippen molar-refractivity contribution in [3.63, 3.8) is 0 Å². The molecule has 128 valence electrons. The van der Waals surface area contributed by atoms with Crippen LogP contribution in [-0.2, 0) is 17.6 Å². The number of rotatable bonds is 4. The lowest BCUT2D eigenvalue weighted by molar-refractivity contribution is -0.792. The molecular formula is C19H24NO4+. The third-order valence-corrected chi connectivity index (χ3v) is 5.66. The minimum absolute atomic E-state index is 0.00738. The number of benzene rings is 1. The van der Waals surface area contributed by atoms with Crippen molar-refractivity contribution >= 4 is 17.8 Å². The number of fused-ring (bicyclic) bond motifs is 1. The molecular weight excluding hydrogens is 306 g/mol. The minimum Gasteiger partial charge on any atom is -0.435 e. The fraction of sp³-hybridized carbons (Fsp3) is 0.526. The van der Waals surface area contributed by atoms with E-state index >= 15 is 0 Å². The highest BCUT2D eigenvalue weighted by Crippen LogP contribution is 2.29. The van der Waals surface area contributed by atoms with E-state index in [4.69, 9.17) is 0 Å². The molecule has 1 aromatic carbocycles. The van der Waals surface area contributed by atoms with E-state index in [0.29, 0.717) is 12.1 Å². The Morgan fingerprint density at radius 2 is 1.88 bits per heavy atom. The molecule has 0 saturated carbocycles. The number of hydrogen-bond donors (Lipinski definition) is 1. The highest BCUT2D eigenvalue weighted by Gasteiger charge is 2.52. The Bertz CT molecular complexity index is 697.